The summed E-state index contributed by atoms with van der Waals surface area (Å²) in [5.74, 6) is -0.701. The van der Waals surface area contributed by atoms with E-state index in [0.717, 1.165) is 22.9 Å². The smallest absolute Gasteiger partial charge is 0.317 e. The molecule has 0 aromatic heterocycles. The number of nitro groups is 2. The Kier molecular flexibility index (Phi) is 15.4. The molecule has 0 bridgehead atoms. The monoisotopic (exact) mass is 902 g/mol. The van der Waals surface area contributed by atoms with Crippen LogP contribution in [0.1, 0.15) is 61.8 Å². The maximum atomic E-state index is 13.5. The van der Waals surface area contributed by atoms with Crippen LogP contribution in [0.3, 0.4) is 0 Å². The van der Waals surface area contributed by atoms with E-state index in [2.05, 4.69) is 10.6 Å². The van der Waals surface area contributed by atoms with Crippen LogP contribution in [-0.4, -0.2) is 120 Å². The Hall–Kier alpha value is -7.01. The van der Waals surface area contributed by atoms with Crippen molar-refractivity contribution in [1.29, 1.82) is 0 Å². The number of carbonyl (C=O) groups excluding carboxylic acids is 4. The Morgan fingerprint density at radius 3 is 1.22 bits per heavy atom. The van der Waals surface area contributed by atoms with Crippen molar-refractivity contribution in [1.82, 2.24) is 30.2 Å². The molecule has 2 fully saturated rings. The molecule has 0 unspecified atom stereocenters. The van der Waals surface area contributed by atoms with Gasteiger partial charge in [-0.1, -0.05) is 100 Å². The normalized spacial score (nSPS) is 14.4. The predicted molar refractivity (Wildman–Crippen MR) is 253 cm³/mol. The molecule has 6 rings (SSSR count). The molecule has 340 valence electrons. The van der Waals surface area contributed by atoms with Crippen molar-refractivity contribution in [3.05, 3.63) is 127 Å². The fraction of sp³-hybridized carbons (Fsp3) is 0.333. The van der Waals surface area contributed by atoms with Gasteiger partial charge in [0.2, 0.25) is 11.8 Å². The summed E-state index contributed by atoms with van der Waals surface area (Å²) in [4.78, 5) is 83.9. The van der Waals surface area contributed by atoms with E-state index in [9.17, 15) is 39.4 Å². The zero-order valence-electron chi connectivity index (χ0n) is 37.4. The minimum atomic E-state index is -0.482. The molecule has 16 nitrogen and oxygen atoms in total. The van der Waals surface area contributed by atoms with Crippen LogP contribution in [0.15, 0.2) is 94.7 Å². The lowest BCUT2D eigenvalue weighted by molar-refractivity contribution is -0.387. The molecule has 4 aromatic carbocycles. The van der Waals surface area contributed by atoms with Crippen LogP contribution >= 0.6 is 11.8 Å². The van der Waals surface area contributed by atoms with E-state index < -0.39 is 9.85 Å². The molecule has 6 amide bonds. The molecule has 65 heavy (non-hydrogen) atoms. The number of nitro benzene ring substituents is 2. The summed E-state index contributed by atoms with van der Waals surface area (Å²) in [5.41, 5.74) is 3.64. The lowest BCUT2D eigenvalue weighted by Gasteiger charge is -2.33. The lowest BCUT2D eigenvalue weighted by Crippen LogP contribution is -2.52. The van der Waals surface area contributed by atoms with Crippen molar-refractivity contribution < 1.29 is 29.0 Å². The maximum absolute atomic E-state index is 13.5. The third-order valence-corrected chi connectivity index (χ3v) is 12.7. The SMILES string of the molecule is CNC(=O)N1CCN(C(=O)C=Cc2ccc(Sc3ccc(C=CC(=O)N4CCN(C(=O)NC)CC4)c(-c4ccccc4C(C)C)c3[N+](=O)[O-])c([N+](=O)[O-])c2-c2ccccc2C(C)C)CC1. The van der Waals surface area contributed by atoms with Crippen molar-refractivity contribution >= 4 is 59.2 Å². The molecule has 17 heteroatoms. The van der Waals surface area contributed by atoms with Crippen LogP contribution in [0.4, 0.5) is 21.0 Å². The minimum Gasteiger partial charge on any atom is -0.341 e. The van der Waals surface area contributed by atoms with Gasteiger partial charge in [-0.15, -0.1) is 0 Å². The number of nitrogens with zero attached hydrogens (tertiary/aromatic N) is 6. The van der Waals surface area contributed by atoms with Gasteiger partial charge in [0.1, 0.15) is 0 Å². The minimum absolute atomic E-state index is 0.0403. The largest absolute Gasteiger partial charge is 0.341 e. The van der Waals surface area contributed by atoms with E-state index in [-0.39, 0.29) is 68.0 Å². The molecule has 2 aliphatic heterocycles. The predicted octanol–water partition coefficient (Wildman–Crippen LogP) is 8.23. The van der Waals surface area contributed by atoms with Crippen molar-refractivity contribution in [2.75, 3.05) is 66.5 Å². The third-order valence-electron chi connectivity index (χ3n) is 11.6. The molecule has 2 aliphatic rings. The number of nitrogens with one attached hydrogen (secondary N) is 2. The van der Waals surface area contributed by atoms with Crippen LogP contribution in [0.5, 0.6) is 0 Å². The second-order valence-corrected chi connectivity index (χ2v) is 17.3. The molecule has 2 N–H and O–H groups in total. The first-order valence-corrected chi connectivity index (χ1v) is 22.3. The van der Waals surface area contributed by atoms with E-state index in [4.69, 9.17) is 0 Å². The summed E-state index contributed by atoms with van der Waals surface area (Å²) in [6, 6.07) is 20.7. The Balaban J connectivity index is 1.46. The fourth-order valence-electron chi connectivity index (χ4n) is 8.23. The summed E-state index contributed by atoms with van der Waals surface area (Å²) in [6.45, 7) is 10.6. The Morgan fingerprint density at radius 2 is 0.892 bits per heavy atom. The number of hydrogen-bond donors (Lipinski definition) is 2. The number of carbonyl (C=O) groups is 4. The zero-order chi connectivity index (χ0) is 46.9. The lowest BCUT2D eigenvalue weighted by atomic mass is 9.89. The highest BCUT2D eigenvalue weighted by Gasteiger charge is 2.32. The van der Waals surface area contributed by atoms with Gasteiger partial charge < -0.3 is 30.2 Å². The number of urea groups is 2. The average molecular weight is 903 g/mol. The summed E-state index contributed by atoms with van der Waals surface area (Å²) >= 11 is 0.907. The highest BCUT2D eigenvalue weighted by molar-refractivity contribution is 7.99. The van der Waals surface area contributed by atoms with Crippen LogP contribution in [-0.2, 0) is 9.59 Å². The fourth-order valence-corrected chi connectivity index (χ4v) is 9.29. The first kappa shape index (κ1) is 47.5. The maximum Gasteiger partial charge on any atom is 0.317 e. The molecule has 0 spiro atoms. The summed E-state index contributed by atoms with van der Waals surface area (Å²) in [6.07, 6.45) is 5.89. The summed E-state index contributed by atoms with van der Waals surface area (Å²) in [7, 11) is 3.10. The second-order valence-electron chi connectivity index (χ2n) is 16.3. The van der Waals surface area contributed by atoms with Crippen molar-refractivity contribution in [2.45, 2.75) is 49.3 Å². The van der Waals surface area contributed by atoms with Gasteiger partial charge in [0, 0.05) is 78.6 Å². The average Bonchev–Trinajstić information content (AvgIpc) is 3.31. The van der Waals surface area contributed by atoms with Gasteiger partial charge in [-0.2, -0.15) is 0 Å². The number of benzene rings is 4. The Labute approximate surface area is 382 Å². The molecule has 0 saturated carbocycles. The molecule has 0 aliphatic carbocycles. The van der Waals surface area contributed by atoms with Crippen molar-refractivity contribution in [3.63, 3.8) is 0 Å². The highest BCUT2D eigenvalue weighted by Crippen LogP contribution is 2.50. The van der Waals surface area contributed by atoms with Gasteiger partial charge in [0.05, 0.1) is 30.8 Å². The van der Waals surface area contributed by atoms with Gasteiger partial charge in [-0.05, 0) is 69.5 Å². The Morgan fingerprint density at radius 1 is 0.554 bits per heavy atom. The van der Waals surface area contributed by atoms with E-state index in [1.807, 2.05) is 52.0 Å². The van der Waals surface area contributed by atoms with Crippen molar-refractivity contribution in [2.24, 2.45) is 0 Å². The van der Waals surface area contributed by atoms with E-state index in [0.29, 0.717) is 74.6 Å². The topological polar surface area (TPSA) is 192 Å². The molecule has 4 aromatic rings. The second kappa shape index (κ2) is 21.1. The van der Waals surface area contributed by atoms with Gasteiger partial charge >= 0.3 is 12.1 Å². The molecule has 2 heterocycles. The standard InChI is InChI=1S/C48H54N8O8S/c1-31(2)35-11-7-9-13-37(35)43-33(17-21-41(57)51-23-27-53(28-24-51)47(59)49-5)15-19-39(45(43)55(61)62)65-40-20-16-34(18-22-42(58)52-25-29-54(30-26-52)48(60)50-6)44(46(40)56(63)64)38-14-10-8-12-36(38)32(3)4/h7-22,31-32H,23-30H2,1-6H3,(H,49,59)(H,50,60). The highest BCUT2D eigenvalue weighted by atomic mass is 32.2. The van der Waals surface area contributed by atoms with Crippen molar-refractivity contribution in [3.8, 4) is 22.3 Å². The van der Waals surface area contributed by atoms with Gasteiger partial charge in [0.25, 0.3) is 11.4 Å². The van der Waals surface area contributed by atoms with Crippen LogP contribution in [0.25, 0.3) is 34.4 Å². The first-order chi connectivity index (χ1) is 31.1. The quantitative estimate of drug-likeness (QED) is 0.0801. The molecular formula is C48H54N8O8S. The molecule has 0 atom stereocenters. The van der Waals surface area contributed by atoms with E-state index in [1.165, 1.54) is 12.2 Å². The first-order valence-electron chi connectivity index (χ1n) is 21.5. The van der Waals surface area contributed by atoms with Crippen LogP contribution < -0.4 is 10.6 Å². The van der Waals surface area contributed by atoms with Crippen LogP contribution in [0, 0.1) is 20.2 Å². The van der Waals surface area contributed by atoms with Gasteiger partial charge in [-0.3, -0.25) is 29.8 Å². The Bertz CT molecular complexity index is 2370. The number of piperazine rings is 2. The van der Waals surface area contributed by atoms with E-state index in [1.54, 1.807) is 94.4 Å². The summed E-state index contributed by atoms with van der Waals surface area (Å²) < 4.78 is 0. The molecular weight excluding hydrogens is 849 g/mol. The van der Waals surface area contributed by atoms with Gasteiger partial charge in [-0.25, -0.2) is 9.59 Å². The van der Waals surface area contributed by atoms with Crippen LogP contribution in [0.2, 0.25) is 0 Å². The van der Waals surface area contributed by atoms with E-state index >= 15 is 0 Å². The zero-order valence-corrected chi connectivity index (χ0v) is 38.2. The third kappa shape index (κ3) is 10.7. The number of amides is 6. The molecule has 2 saturated heterocycles. The number of hydrogen-bond acceptors (Lipinski definition) is 9. The molecule has 0 radical (unpaired) electrons. The number of rotatable bonds is 12. The summed E-state index contributed by atoms with van der Waals surface area (Å²) in [5, 5.41) is 32.0. The van der Waals surface area contributed by atoms with Gasteiger partial charge in [0.15, 0.2) is 0 Å².